The first-order valence-electron chi connectivity index (χ1n) is 17.5. The molecule has 3 aliphatic carbocycles. The summed E-state index contributed by atoms with van der Waals surface area (Å²) in [4.78, 5) is 2.63. The van der Waals surface area contributed by atoms with Crippen LogP contribution in [0, 0.1) is 5.92 Å². The summed E-state index contributed by atoms with van der Waals surface area (Å²) >= 11 is 0. The van der Waals surface area contributed by atoms with Gasteiger partial charge in [0.05, 0.1) is 24.5 Å². The van der Waals surface area contributed by atoms with Crippen molar-refractivity contribution >= 4 is 16.5 Å². The van der Waals surface area contributed by atoms with Gasteiger partial charge in [0.2, 0.25) is 0 Å². The summed E-state index contributed by atoms with van der Waals surface area (Å²) in [6.45, 7) is 0. The minimum Gasteiger partial charge on any atom is -0.337 e. The van der Waals surface area contributed by atoms with Crippen LogP contribution in [0.25, 0.3) is 21.9 Å². The lowest BCUT2D eigenvalue weighted by atomic mass is 9.84. The molecule has 1 fully saturated rings. The molecule has 4 aromatic rings. The fourth-order valence-corrected chi connectivity index (χ4v) is 8.40. The van der Waals surface area contributed by atoms with Crippen LogP contribution in [-0.4, -0.2) is 12.2 Å². The molecule has 0 aromatic heterocycles. The molecule has 3 N–H and O–H groups in total. The quantitative estimate of drug-likeness (QED) is 0.196. The Kier molecular flexibility index (Phi) is 7.50. The topological polar surface area (TPSA) is 39.3 Å². The van der Waals surface area contributed by atoms with Gasteiger partial charge in [0.1, 0.15) is 0 Å². The monoisotopic (exact) mass is 614 g/mol. The average Bonchev–Trinajstić information content (AvgIpc) is 3.49. The Bertz CT molecular complexity index is 1960. The lowest BCUT2D eigenvalue weighted by molar-refractivity contribution is 0.219. The van der Waals surface area contributed by atoms with Gasteiger partial charge >= 0.3 is 0 Å². The van der Waals surface area contributed by atoms with Gasteiger partial charge in [-0.3, -0.25) is 16.0 Å². The van der Waals surface area contributed by atoms with E-state index in [0.29, 0.717) is 12.0 Å². The Morgan fingerprint density at radius 2 is 1.43 bits per heavy atom. The molecule has 2 heterocycles. The number of allylic oxidation sites excluding steroid dienone is 7. The number of fused-ring (bicyclic) bond motifs is 3. The van der Waals surface area contributed by atoms with Crippen LogP contribution in [0.15, 0.2) is 150 Å². The van der Waals surface area contributed by atoms with E-state index in [9.17, 15) is 0 Å². The van der Waals surface area contributed by atoms with Crippen molar-refractivity contribution in [1.29, 1.82) is 0 Å². The van der Waals surface area contributed by atoms with Gasteiger partial charge in [-0.25, -0.2) is 0 Å². The summed E-state index contributed by atoms with van der Waals surface area (Å²) in [5.74, 6) is 0.615. The fourth-order valence-electron chi connectivity index (χ4n) is 8.40. The molecule has 9 rings (SSSR count). The Morgan fingerprint density at radius 1 is 0.617 bits per heavy atom. The third kappa shape index (κ3) is 5.41. The van der Waals surface area contributed by atoms with Crippen molar-refractivity contribution in [2.45, 2.75) is 63.1 Å². The number of rotatable bonds is 5. The normalized spacial score (nSPS) is 26.8. The summed E-state index contributed by atoms with van der Waals surface area (Å²) in [6.07, 6.45) is 23.3. The zero-order valence-electron chi connectivity index (χ0n) is 26.8. The molecule has 0 bridgehead atoms. The molecule has 0 amide bonds. The van der Waals surface area contributed by atoms with Crippen LogP contribution in [0.5, 0.6) is 0 Å². The van der Waals surface area contributed by atoms with E-state index in [1.165, 1.54) is 62.8 Å². The second-order valence-corrected chi connectivity index (χ2v) is 13.6. The second kappa shape index (κ2) is 12.3. The largest absolute Gasteiger partial charge is 0.337 e. The zero-order valence-corrected chi connectivity index (χ0v) is 26.8. The number of hydrogen-bond acceptors (Lipinski definition) is 4. The molecule has 47 heavy (non-hydrogen) atoms. The van der Waals surface area contributed by atoms with Gasteiger partial charge in [0.25, 0.3) is 0 Å². The Morgan fingerprint density at radius 3 is 2.30 bits per heavy atom. The van der Waals surface area contributed by atoms with Crippen LogP contribution >= 0.6 is 0 Å². The Hall–Kier alpha value is -4.48. The van der Waals surface area contributed by atoms with Gasteiger partial charge in [-0.05, 0) is 107 Å². The molecular weight excluding hydrogens is 573 g/mol. The maximum absolute atomic E-state index is 3.93. The van der Waals surface area contributed by atoms with Crippen LogP contribution in [0.3, 0.4) is 0 Å². The van der Waals surface area contributed by atoms with E-state index >= 15 is 0 Å². The molecule has 0 spiro atoms. The zero-order chi connectivity index (χ0) is 31.2. The van der Waals surface area contributed by atoms with Crippen LogP contribution in [0.1, 0.15) is 62.0 Å². The number of nitrogens with zero attached hydrogens (tertiary/aromatic N) is 1. The van der Waals surface area contributed by atoms with Crippen molar-refractivity contribution in [2.75, 3.05) is 4.90 Å². The highest BCUT2D eigenvalue weighted by Gasteiger charge is 2.40. The molecule has 4 aromatic carbocycles. The first-order valence-corrected chi connectivity index (χ1v) is 17.5. The number of nitrogens with one attached hydrogen (secondary N) is 3. The predicted octanol–water partition coefficient (Wildman–Crippen LogP) is 9.35. The van der Waals surface area contributed by atoms with E-state index in [0.717, 1.165) is 25.7 Å². The van der Waals surface area contributed by atoms with E-state index in [-0.39, 0.29) is 18.5 Å². The van der Waals surface area contributed by atoms with E-state index in [1.807, 2.05) is 0 Å². The van der Waals surface area contributed by atoms with Gasteiger partial charge in [0, 0.05) is 17.3 Å². The maximum Gasteiger partial charge on any atom is 0.0864 e. The lowest BCUT2D eigenvalue weighted by Gasteiger charge is -2.41. The van der Waals surface area contributed by atoms with Crippen molar-refractivity contribution in [3.8, 4) is 11.1 Å². The molecule has 5 unspecified atom stereocenters. The summed E-state index contributed by atoms with van der Waals surface area (Å²) in [5, 5.41) is 14.3. The van der Waals surface area contributed by atoms with E-state index in [2.05, 4.69) is 154 Å². The summed E-state index contributed by atoms with van der Waals surface area (Å²) in [6, 6.07) is 34.2. The molecule has 5 atom stereocenters. The molecule has 5 aliphatic rings. The predicted molar refractivity (Wildman–Crippen MR) is 194 cm³/mol. The van der Waals surface area contributed by atoms with E-state index < -0.39 is 0 Å². The summed E-state index contributed by atoms with van der Waals surface area (Å²) in [7, 11) is 0. The summed E-state index contributed by atoms with van der Waals surface area (Å²) < 4.78 is 0. The fraction of sp³-hybridized carbons (Fsp3) is 0.256. The Labute approximate surface area is 278 Å². The molecular formula is C43H42N4. The van der Waals surface area contributed by atoms with Crippen molar-refractivity contribution in [1.82, 2.24) is 16.0 Å². The highest BCUT2D eigenvalue weighted by atomic mass is 15.4. The van der Waals surface area contributed by atoms with Crippen molar-refractivity contribution in [2.24, 2.45) is 5.92 Å². The van der Waals surface area contributed by atoms with Crippen molar-refractivity contribution in [3.05, 3.63) is 161 Å². The molecule has 234 valence electrons. The standard InChI is InChI=1S/C43H42N4/c1-2-12-30(13-3-1)41-44-42(31-23-25-36(26-24-31)47-39-19-8-6-17-37(39)38-18-7-9-20-40(38)47)46-43(45-41)35-16-10-15-33(28-35)34-22-21-29-11-4-5-14-32(29)27-34/h1-2,4-6,9-12,14-17,20-28,38,40-46H,3,7-8,13,18-19H2. The molecule has 1 saturated heterocycles. The van der Waals surface area contributed by atoms with Crippen molar-refractivity contribution in [3.63, 3.8) is 0 Å². The SMILES string of the molecule is C1=CCCC(C2NC(c3ccc(N4C5=C(C=CCC5)C5CCC=CC54)cc3)NC(c3cccc(-c4ccc5ccccc5c4)c3)N2)=C1. The van der Waals surface area contributed by atoms with Gasteiger partial charge < -0.3 is 4.90 Å². The Balaban J connectivity index is 1.02. The molecule has 4 heteroatoms. The first-order chi connectivity index (χ1) is 23.3. The van der Waals surface area contributed by atoms with Gasteiger partial charge in [-0.1, -0.05) is 109 Å². The van der Waals surface area contributed by atoms with Crippen LogP contribution in [-0.2, 0) is 0 Å². The third-order valence-electron chi connectivity index (χ3n) is 10.8. The molecule has 0 radical (unpaired) electrons. The van der Waals surface area contributed by atoms with E-state index in [1.54, 1.807) is 5.57 Å². The molecule has 0 saturated carbocycles. The minimum atomic E-state index is -0.00778. The number of benzene rings is 4. The number of anilines is 1. The number of hydrogen-bond donors (Lipinski definition) is 3. The van der Waals surface area contributed by atoms with Crippen LogP contribution < -0.4 is 20.9 Å². The second-order valence-electron chi connectivity index (χ2n) is 13.6. The lowest BCUT2D eigenvalue weighted by Crippen LogP contribution is -2.59. The minimum absolute atomic E-state index is 0.00437. The highest BCUT2D eigenvalue weighted by molar-refractivity contribution is 5.87. The van der Waals surface area contributed by atoms with Gasteiger partial charge in [-0.2, -0.15) is 0 Å². The van der Waals surface area contributed by atoms with Crippen LogP contribution in [0.2, 0.25) is 0 Å². The summed E-state index contributed by atoms with van der Waals surface area (Å²) in [5.41, 5.74) is 10.8. The van der Waals surface area contributed by atoms with E-state index in [4.69, 9.17) is 0 Å². The molecule has 4 nitrogen and oxygen atoms in total. The third-order valence-corrected chi connectivity index (χ3v) is 10.8. The van der Waals surface area contributed by atoms with Gasteiger partial charge in [-0.15, -0.1) is 0 Å². The van der Waals surface area contributed by atoms with Crippen molar-refractivity contribution < 1.29 is 0 Å². The highest BCUT2D eigenvalue weighted by Crippen LogP contribution is 2.46. The van der Waals surface area contributed by atoms with Crippen LogP contribution in [0.4, 0.5) is 5.69 Å². The molecule has 2 aliphatic heterocycles. The first kappa shape index (κ1) is 28.7. The average molecular weight is 615 g/mol. The van der Waals surface area contributed by atoms with Gasteiger partial charge in [0.15, 0.2) is 0 Å². The maximum atomic E-state index is 3.93. The smallest absolute Gasteiger partial charge is 0.0864 e.